The molecule has 2 heterocycles. The average molecular weight is 438 g/mol. The van der Waals surface area contributed by atoms with E-state index in [9.17, 15) is 9.59 Å². The highest BCUT2D eigenvalue weighted by atomic mass is 16.4. The van der Waals surface area contributed by atoms with E-state index >= 15 is 0 Å². The lowest BCUT2D eigenvalue weighted by Crippen LogP contribution is -2.17. The molecule has 0 saturated carbocycles. The third-order valence-corrected chi connectivity index (χ3v) is 4.82. The number of aromatic nitrogens is 1. The van der Waals surface area contributed by atoms with E-state index in [0.29, 0.717) is 6.04 Å². The molecule has 1 atom stereocenters. The van der Waals surface area contributed by atoms with Crippen LogP contribution in [0.3, 0.4) is 0 Å². The first kappa shape index (κ1) is 24.4. The van der Waals surface area contributed by atoms with E-state index in [0.717, 1.165) is 0 Å². The van der Waals surface area contributed by atoms with E-state index in [-0.39, 0.29) is 22.6 Å². The van der Waals surface area contributed by atoms with E-state index in [1.807, 2.05) is 18.5 Å². The average Bonchev–Trinajstić information content (AvgIpc) is 3.22. The highest BCUT2D eigenvalue weighted by Gasteiger charge is 2.21. The van der Waals surface area contributed by atoms with Gasteiger partial charge in [-0.2, -0.15) is 0 Å². The number of likely N-dealkylation sites (tertiary alicyclic amines) is 1. The molecule has 4 N–H and O–H groups in total. The van der Waals surface area contributed by atoms with Crippen LogP contribution in [0.25, 0.3) is 0 Å². The second-order valence-electron chi connectivity index (χ2n) is 7.13. The van der Waals surface area contributed by atoms with Crippen molar-refractivity contribution >= 4 is 11.9 Å². The predicted molar refractivity (Wildman–Crippen MR) is 119 cm³/mol. The molecule has 32 heavy (non-hydrogen) atoms. The van der Waals surface area contributed by atoms with Crippen LogP contribution in [0, 0.1) is 0 Å². The molecule has 1 saturated heterocycles. The molecule has 0 radical (unpaired) electrons. The fraction of sp³-hybridized carbons (Fsp3) is 0.208. The highest BCUT2D eigenvalue weighted by Crippen LogP contribution is 2.29. The standard InChI is InChI=1S/C10H14N2.2C7H6O3/c1-12-7-3-5-10(12)9-4-2-6-11-8-9;2*8-6-3-1-5(2-4-6)7(9)10/h2,4,6,8,10H,3,5,7H2,1H3;2*1-4,8H,(H,9,10). The van der Waals surface area contributed by atoms with Crippen molar-refractivity contribution in [1.29, 1.82) is 0 Å². The van der Waals surface area contributed by atoms with Gasteiger partial charge in [-0.3, -0.25) is 9.88 Å². The van der Waals surface area contributed by atoms with E-state index in [1.54, 1.807) is 0 Å². The summed E-state index contributed by atoms with van der Waals surface area (Å²) in [6.07, 6.45) is 6.41. The van der Waals surface area contributed by atoms with Gasteiger partial charge in [0.05, 0.1) is 11.1 Å². The Bertz CT molecular complexity index is 936. The van der Waals surface area contributed by atoms with E-state index in [4.69, 9.17) is 20.4 Å². The molecular weight excluding hydrogens is 412 g/mol. The molecule has 4 rings (SSSR count). The molecule has 2 aromatic carbocycles. The molecule has 0 spiro atoms. The minimum atomic E-state index is -0.986. The summed E-state index contributed by atoms with van der Waals surface area (Å²) < 4.78 is 0. The quantitative estimate of drug-likeness (QED) is 0.482. The Hall–Kier alpha value is -3.91. The SMILES string of the molecule is CN1CCCC1c1cccnc1.O=C(O)c1ccc(O)cc1.O=C(O)c1ccc(O)cc1. The largest absolute Gasteiger partial charge is 0.508 e. The van der Waals surface area contributed by atoms with Crippen LogP contribution in [0.2, 0.25) is 0 Å². The fourth-order valence-corrected chi connectivity index (χ4v) is 3.11. The van der Waals surface area contributed by atoms with Crippen LogP contribution < -0.4 is 0 Å². The topological polar surface area (TPSA) is 131 Å². The number of benzene rings is 2. The molecule has 1 aromatic heterocycles. The lowest BCUT2D eigenvalue weighted by atomic mass is 10.1. The number of pyridine rings is 1. The zero-order valence-corrected chi connectivity index (χ0v) is 17.6. The van der Waals surface area contributed by atoms with Crippen molar-refractivity contribution in [1.82, 2.24) is 9.88 Å². The van der Waals surface area contributed by atoms with Gasteiger partial charge in [-0.1, -0.05) is 6.07 Å². The van der Waals surface area contributed by atoms with Gasteiger partial charge in [-0.15, -0.1) is 0 Å². The van der Waals surface area contributed by atoms with Crippen molar-refractivity contribution in [3.8, 4) is 11.5 Å². The Labute approximate surface area is 186 Å². The second kappa shape index (κ2) is 12.1. The minimum absolute atomic E-state index is 0.0741. The third-order valence-electron chi connectivity index (χ3n) is 4.82. The number of phenolic OH excluding ortho intramolecular Hbond substituents is 2. The van der Waals surface area contributed by atoms with Gasteiger partial charge in [-0.05, 0) is 86.6 Å². The van der Waals surface area contributed by atoms with Crippen LogP contribution in [-0.4, -0.2) is 55.8 Å². The van der Waals surface area contributed by atoms with Crippen LogP contribution in [0.4, 0.5) is 0 Å². The van der Waals surface area contributed by atoms with Gasteiger partial charge in [0, 0.05) is 18.4 Å². The van der Waals surface area contributed by atoms with Gasteiger partial charge in [0.25, 0.3) is 0 Å². The highest BCUT2D eigenvalue weighted by molar-refractivity contribution is 5.88. The predicted octanol–water partition coefficient (Wildman–Crippen LogP) is 4.03. The maximum Gasteiger partial charge on any atom is 0.335 e. The molecule has 8 heteroatoms. The number of hydrogen-bond acceptors (Lipinski definition) is 6. The molecule has 1 aliphatic rings. The number of carboxylic acids is 2. The van der Waals surface area contributed by atoms with Crippen LogP contribution >= 0.6 is 0 Å². The molecular formula is C24H26N2O6. The number of nitrogens with zero attached hydrogens (tertiary/aromatic N) is 2. The van der Waals surface area contributed by atoms with Gasteiger partial charge in [0.2, 0.25) is 0 Å². The van der Waals surface area contributed by atoms with E-state index in [2.05, 4.69) is 23.0 Å². The van der Waals surface area contributed by atoms with Gasteiger partial charge in [0.1, 0.15) is 11.5 Å². The van der Waals surface area contributed by atoms with Gasteiger partial charge >= 0.3 is 11.9 Å². The minimum Gasteiger partial charge on any atom is -0.508 e. The number of phenols is 2. The number of carbonyl (C=O) groups is 2. The Morgan fingerprint density at radius 3 is 1.72 bits per heavy atom. The summed E-state index contributed by atoms with van der Waals surface area (Å²) in [7, 11) is 2.19. The number of aromatic carboxylic acids is 2. The first-order valence-electron chi connectivity index (χ1n) is 9.92. The summed E-state index contributed by atoms with van der Waals surface area (Å²) in [4.78, 5) is 27.0. The van der Waals surface area contributed by atoms with Crippen molar-refractivity contribution in [2.45, 2.75) is 18.9 Å². The maximum atomic E-state index is 10.2. The summed E-state index contributed by atoms with van der Waals surface area (Å²) >= 11 is 0. The first-order chi connectivity index (χ1) is 15.3. The van der Waals surface area contributed by atoms with Gasteiger partial charge < -0.3 is 20.4 Å². The summed E-state index contributed by atoms with van der Waals surface area (Å²) in [6, 6.07) is 15.5. The zero-order valence-electron chi connectivity index (χ0n) is 17.6. The van der Waals surface area contributed by atoms with Crippen LogP contribution in [0.5, 0.6) is 11.5 Å². The molecule has 0 amide bonds. The summed E-state index contributed by atoms with van der Waals surface area (Å²) in [5.41, 5.74) is 1.72. The van der Waals surface area contributed by atoms with Crippen LogP contribution in [0.1, 0.15) is 45.2 Å². The van der Waals surface area contributed by atoms with Crippen molar-refractivity contribution < 1.29 is 30.0 Å². The second-order valence-corrected chi connectivity index (χ2v) is 7.13. The molecule has 1 unspecified atom stereocenters. The van der Waals surface area contributed by atoms with Gasteiger partial charge in [-0.25, -0.2) is 9.59 Å². The number of carboxylic acid groups (broad SMARTS) is 2. The molecule has 1 aliphatic heterocycles. The lowest BCUT2D eigenvalue weighted by molar-refractivity contribution is 0.0686. The van der Waals surface area contributed by atoms with Crippen molar-refractivity contribution in [3.05, 3.63) is 89.7 Å². The summed E-state index contributed by atoms with van der Waals surface area (Å²) in [5, 5.41) is 34.3. The zero-order chi connectivity index (χ0) is 23.5. The fourth-order valence-electron chi connectivity index (χ4n) is 3.11. The Balaban J connectivity index is 0.000000171. The van der Waals surface area contributed by atoms with Crippen LogP contribution in [-0.2, 0) is 0 Å². The lowest BCUT2D eigenvalue weighted by Gasteiger charge is -2.18. The Kier molecular flexibility index (Phi) is 9.19. The molecule has 0 aliphatic carbocycles. The van der Waals surface area contributed by atoms with Crippen molar-refractivity contribution in [3.63, 3.8) is 0 Å². The molecule has 3 aromatic rings. The van der Waals surface area contributed by atoms with Gasteiger partial charge in [0.15, 0.2) is 0 Å². The monoisotopic (exact) mass is 438 g/mol. The molecule has 0 bridgehead atoms. The molecule has 168 valence electrons. The number of rotatable bonds is 3. The summed E-state index contributed by atoms with van der Waals surface area (Å²) in [6.45, 7) is 1.22. The maximum absolute atomic E-state index is 10.2. The normalized spacial score (nSPS) is 15.0. The smallest absolute Gasteiger partial charge is 0.335 e. The first-order valence-corrected chi connectivity index (χ1v) is 9.92. The van der Waals surface area contributed by atoms with E-state index in [1.165, 1.54) is 73.5 Å². The molecule has 1 fully saturated rings. The summed E-state index contributed by atoms with van der Waals surface area (Å²) in [5.74, 6) is -1.82. The number of hydrogen-bond donors (Lipinski definition) is 4. The molecule has 8 nitrogen and oxygen atoms in total. The van der Waals surface area contributed by atoms with Crippen molar-refractivity contribution in [2.75, 3.05) is 13.6 Å². The van der Waals surface area contributed by atoms with Crippen molar-refractivity contribution in [2.24, 2.45) is 0 Å². The number of aromatic hydroxyl groups is 2. The Morgan fingerprint density at radius 2 is 1.38 bits per heavy atom. The van der Waals surface area contributed by atoms with Crippen LogP contribution in [0.15, 0.2) is 73.1 Å². The van der Waals surface area contributed by atoms with E-state index < -0.39 is 11.9 Å². The Morgan fingerprint density at radius 1 is 0.875 bits per heavy atom. The third kappa shape index (κ3) is 7.73.